The van der Waals surface area contributed by atoms with E-state index in [-0.39, 0.29) is 31.3 Å². The summed E-state index contributed by atoms with van der Waals surface area (Å²) >= 11 is 0. The summed E-state index contributed by atoms with van der Waals surface area (Å²) in [5.41, 5.74) is 3.01. The summed E-state index contributed by atoms with van der Waals surface area (Å²) in [5.74, 6) is -3.29. The predicted molar refractivity (Wildman–Crippen MR) is 167 cm³/mol. The number of hydrogen-bond donors (Lipinski definition) is 2. The van der Waals surface area contributed by atoms with Crippen molar-refractivity contribution in [2.45, 2.75) is 50.2 Å². The molecule has 1 saturated heterocycles. The van der Waals surface area contributed by atoms with Gasteiger partial charge >= 0.3 is 6.09 Å². The van der Waals surface area contributed by atoms with Crippen LogP contribution in [0.25, 0.3) is 5.57 Å². The van der Waals surface area contributed by atoms with Gasteiger partial charge < -0.3 is 29.5 Å². The number of carbonyl (C=O) groups is 2. The van der Waals surface area contributed by atoms with E-state index in [9.17, 15) is 27.9 Å². The molecule has 6 rings (SSSR count). The van der Waals surface area contributed by atoms with Crippen LogP contribution in [0, 0.1) is 17.5 Å². The van der Waals surface area contributed by atoms with Crippen LogP contribution >= 0.6 is 0 Å². The van der Waals surface area contributed by atoms with Gasteiger partial charge in [-0.2, -0.15) is 4.39 Å². The molecule has 1 saturated carbocycles. The third kappa shape index (κ3) is 7.02. The quantitative estimate of drug-likeness (QED) is 0.149. The van der Waals surface area contributed by atoms with Gasteiger partial charge in [-0.1, -0.05) is 30.3 Å². The molecule has 2 aliphatic heterocycles. The molecule has 2 atom stereocenters. The van der Waals surface area contributed by atoms with Gasteiger partial charge in [-0.05, 0) is 73.1 Å². The van der Waals surface area contributed by atoms with E-state index in [4.69, 9.17) is 14.2 Å². The van der Waals surface area contributed by atoms with Crippen LogP contribution < -0.4 is 19.5 Å². The number of nitrogens with one attached hydrogen (secondary N) is 1. The first-order valence-corrected chi connectivity index (χ1v) is 15.6. The molecule has 0 radical (unpaired) electrons. The fraction of sp³-hybridized carbons (Fsp3) is 0.371. The van der Waals surface area contributed by atoms with Gasteiger partial charge in [0.1, 0.15) is 11.5 Å². The smallest absolute Gasteiger partial charge is 0.408 e. The second-order valence-electron chi connectivity index (χ2n) is 11.9. The maximum atomic E-state index is 14.4. The van der Waals surface area contributed by atoms with E-state index < -0.39 is 35.3 Å². The maximum Gasteiger partial charge on any atom is 0.408 e. The van der Waals surface area contributed by atoms with Crippen molar-refractivity contribution < 1.29 is 42.1 Å². The largest absolute Gasteiger partial charge is 0.497 e. The molecule has 2 heterocycles. The number of fused-ring (bicyclic) bond motifs is 2. The molecule has 3 aromatic rings. The number of aryl methyl sites for hydroxylation is 1. The second-order valence-corrected chi connectivity index (χ2v) is 11.9. The Bertz CT molecular complexity index is 1660. The lowest BCUT2D eigenvalue weighted by Crippen LogP contribution is -2.63. The minimum Gasteiger partial charge on any atom is -0.497 e. The molecule has 3 aromatic carbocycles. The number of amides is 2. The number of ether oxygens (including phenoxy) is 3. The highest BCUT2D eigenvalue weighted by atomic mass is 19.2. The standard InChI is InChI=1S/C35H36F3N3O6/c1-45-25-5-2-6-26(17-25)47-20-40(23-11-12-23)34(42)31-27(16-24-18-39-19-30(31)41(24)35(43)44)22-9-7-21(8-10-22)4-3-15-46-33-29(37)14-13-28(36)32(33)38/h2,5-10,13-14,17,23-24,30,39H,3-4,11-12,15-16,18-20H2,1H3,(H,43,44). The van der Waals surface area contributed by atoms with E-state index in [1.54, 1.807) is 36.3 Å². The fourth-order valence-corrected chi connectivity index (χ4v) is 6.30. The van der Waals surface area contributed by atoms with Gasteiger partial charge in [0.15, 0.2) is 24.1 Å². The van der Waals surface area contributed by atoms with Crippen LogP contribution in [0.2, 0.25) is 0 Å². The molecular weight excluding hydrogens is 615 g/mol. The lowest BCUT2D eigenvalue weighted by molar-refractivity contribution is -0.131. The van der Waals surface area contributed by atoms with Crippen LogP contribution in [0.15, 0.2) is 66.2 Å². The first-order chi connectivity index (χ1) is 22.7. The van der Waals surface area contributed by atoms with Crippen LogP contribution in [-0.2, 0) is 11.2 Å². The minimum absolute atomic E-state index is 0.00617. The van der Waals surface area contributed by atoms with Crippen LogP contribution in [-0.4, -0.2) is 78.6 Å². The van der Waals surface area contributed by atoms with E-state index in [1.165, 1.54) is 4.90 Å². The monoisotopic (exact) mass is 651 g/mol. The van der Waals surface area contributed by atoms with Crippen molar-refractivity contribution in [2.24, 2.45) is 0 Å². The molecule has 2 amide bonds. The van der Waals surface area contributed by atoms with E-state index in [0.717, 1.165) is 35.6 Å². The summed E-state index contributed by atoms with van der Waals surface area (Å²) in [5, 5.41) is 13.5. The Kier molecular flexibility index (Phi) is 9.58. The normalized spacial score (nSPS) is 18.9. The van der Waals surface area contributed by atoms with Crippen molar-refractivity contribution in [2.75, 3.05) is 33.5 Å². The van der Waals surface area contributed by atoms with Gasteiger partial charge in [0, 0.05) is 30.8 Å². The lowest BCUT2D eigenvalue weighted by Gasteiger charge is -2.47. The summed E-state index contributed by atoms with van der Waals surface area (Å²) in [6, 6.07) is 15.3. The maximum absolute atomic E-state index is 14.4. The van der Waals surface area contributed by atoms with Gasteiger partial charge in [-0.25, -0.2) is 13.6 Å². The Labute approximate surface area is 270 Å². The molecular formula is C35H36F3N3O6. The van der Waals surface area contributed by atoms with Crippen molar-refractivity contribution in [1.29, 1.82) is 0 Å². The van der Waals surface area contributed by atoms with Gasteiger partial charge in [-0.15, -0.1) is 0 Å². The third-order valence-corrected chi connectivity index (χ3v) is 8.82. The average molecular weight is 652 g/mol. The average Bonchev–Trinajstić information content (AvgIpc) is 3.91. The summed E-state index contributed by atoms with van der Waals surface area (Å²) in [6.07, 6.45) is 1.93. The molecule has 2 unspecified atom stereocenters. The summed E-state index contributed by atoms with van der Waals surface area (Å²) < 4.78 is 57.8. The molecule has 12 heteroatoms. The number of hydrogen-bond acceptors (Lipinski definition) is 6. The van der Waals surface area contributed by atoms with Crippen molar-refractivity contribution in [3.63, 3.8) is 0 Å². The topological polar surface area (TPSA) is 101 Å². The summed E-state index contributed by atoms with van der Waals surface area (Å²) in [6.45, 7) is 0.782. The van der Waals surface area contributed by atoms with Crippen LogP contribution in [0.3, 0.4) is 0 Å². The van der Waals surface area contributed by atoms with Crippen LogP contribution in [0.1, 0.15) is 36.8 Å². The minimum atomic E-state index is -1.35. The highest BCUT2D eigenvalue weighted by Gasteiger charge is 2.46. The first-order valence-electron chi connectivity index (χ1n) is 15.6. The van der Waals surface area contributed by atoms with Crippen molar-refractivity contribution in [3.05, 3.63) is 94.8 Å². The van der Waals surface area contributed by atoms with Gasteiger partial charge in [0.05, 0.1) is 25.8 Å². The molecule has 0 spiro atoms. The van der Waals surface area contributed by atoms with E-state index >= 15 is 0 Å². The number of rotatable bonds is 12. The lowest BCUT2D eigenvalue weighted by atomic mass is 9.81. The molecule has 248 valence electrons. The van der Waals surface area contributed by atoms with Gasteiger partial charge in [-0.3, -0.25) is 9.69 Å². The number of carbonyl (C=O) groups excluding carboxylic acids is 1. The van der Waals surface area contributed by atoms with Crippen molar-refractivity contribution in [1.82, 2.24) is 15.1 Å². The number of carboxylic acid groups (broad SMARTS) is 1. The fourth-order valence-electron chi connectivity index (χ4n) is 6.30. The Balaban J connectivity index is 1.22. The zero-order chi connectivity index (χ0) is 33.1. The first kappa shape index (κ1) is 32.2. The molecule has 2 bridgehead atoms. The molecule has 2 N–H and O–H groups in total. The van der Waals surface area contributed by atoms with Crippen LogP contribution in [0.5, 0.6) is 17.2 Å². The van der Waals surface area contributed by atoms with Crippen LogP contribution in [0.4, 0.5) is 18.0 Å². The summed E-state index contributed by atoms with van der Waals surface area (Å²) in [4.78, 5) is 30.0. The van der Waals surface area contributed by atoms with Gasteiger partial charge in [0.25, 0.3) is 5.91 Å². The molecule has 9 nitrogen and oxygen atoms in total. The molecule has 47 heavy (non-hydrogen) atoms. The van der Waals surface area contributed by atoms with E-state index in [2.05, 4.69) is 5.32 Å². The van der Waals surface area contributed by atoms with E-state index in [1.807, 2.05) is 24.3 Å². The predicted octanol–water partition coefficient (Wildman–Crippen LogP) is 5.63. The Hall–Kier alpha value is -4.71. The molecule has 0 aromatic heterocycles. The van der Waals surface area contributed by atoms with Crippen molar-refractivity contribution in [3.8, 4) is 17.2 Å². The SMILES string of the molecule is COc1cccc(OCN(C(=O)C2=C(c3ccc(CCCOc4c(F)ccc(F)c4F)cc3)CC3CNCC2N3C(=O)O)C2CC2)c1. The molecule has 1 aliphatic carbocycles. The third-order valence-electron chi connectivity index (χ3n) is 8.82. The highest BCUT2D eigenvalue weighted by molar-refractivity contribution is 6.04. The molecule has 3 aliphatic rings. The van der Waals surface area contributed by atoms with Gasteiger partial charge in [0.2, 0.25) is 5.82 Å². The highest BCUT2D eigenvalue weighted by Crippen LogP contribution is 2.39. The Morgan fingerprint density at radius 2 is 1.72 bits per heavy atom. The van der Waals surface area contributed by atoms with Crippen molar-refractivity contribution >= 4 is 17.6 Å². The number of piperazine rings is 1. The number of methoxy groups -OCH3 is 1. The number of nitrogens with zero attached hydrogens (tertiary/aromatic N) is 2. The summed E-state index contributed by atoms with van der Waals surface area (Å²) in [7, 11) is 1.57. The molecule has 2 fully saturated rings. The number of benzene rings is 3. The Morgan fingerprint density at radius 1 is 0.979 bits per heavy atom. The zero-order valence-electron chi connectivity index (χ0n) is 25.9. The Morgan fingerprint density at radius 3 is 2.45 bits per heavy atom. The number of halogens is 3. The second kappa shape index (κ2) is 14.0. The zero-order valence-corrected chi connectivity index (χ0v) is 25.9. The van der Waals surface area contributed by atoms with E-state index in [0.29, 0.717) is 55.5 Å².